The van der Waals surface area contributed by atoms with E-state index in [1.165, 1.54) is 6.07 Å². The fourth-order valence-corrected chi connectivity index (χ4v) is 2.59. The van der Waals surface area contributed by atoms with E-state index in [1.807, 2.05) is 18.2 Å². The minimum Gasteiger partial charge on any atom is -0.497 e. The van der Waals surface area contributed by atoms with Gasteiger partial charge in [0, 0.05) is 12.5 Å². The first-order valence-electron chi connectivity index (χ1n) is 6.62. The molecule has 0 aliphatic heterocycles. The van der Waals surface area contributed by atoms with Crippen LogP contribution in [0.5, 0.6) is 11.5 Å². The molecule has 2 atom stereocenters. The van der Waals surface area contributed by atoms with Crippen molar-refractivity contribution >= 4 is 0 Å². The third-order valence-corrected chi connectivity index (χ3v) is 3.71. The molecule has 0 saturated carbocycles. The molecule has 0 saturated heterocycles. The summed E-state index contributed by atoms with van der Waals surface area (Å²) in [5.74, 6) is -0.631. The number of hydrogen-bond acceptors (Lipinski definition) is 3. The van der Waals surface area contributed by atoms with Crippen LogP contribution in [0.15, 0.2) is 36.4 Å². The Kier molecular flexibility index (Phi) is 3.51. The maximum atomic E-state index is 13.7. The van der Waals surface area contributed by atoms with Gasteiger partial charge in [0.05, 0.1) is 13.2 Å². The molecule has 0 bridgehead atoms. The van der Waals surface area contributed by atoms with E-state index in [0.717, 1.165) is 29.0 Å². The van der Waals surface area contributed by atoms with E-state index in [9.17, 15) is 8.78 Å². The standard InChI is InChI=1S/C16H15F2NO2/c1-20-11-4-2-9-6-15(16(19)12(9)8-11)21-14-5-3-10(17)7-13(14)18/h2-5,7-8,15-16H,6,19H2,1H3. The monoisotopic (exact) mass is 291 g/mol. The quantitative estimate of drug-likeness (QED) is 0.945. The van der Waals surface area contributed by atoms with E-state index in [0.29, 0.717) is 6.42 Å². The van der Waals surface area contributed by atoms with E-state index in [-0.39, 0.29) is 17.9 Å². The number of benzene rings is 2. The first-order valence-corrected chi connectivity index (χ1v) is 6.62. The molecular weight excluding hydrogens is 276 g/mol. The molecule has 2 aromatic carbocycles. The summed E-state index contributed by atoms with van der Waals surface area (Å²) < 4.78 is 37.4. The zero-order valence-electron chi connectivity index (χ0n) is 11.5. The molecule has 1 aliphatic carbocycles. The Bertz CT molecular complexity index is 675. The largest absolute Gasteiger partial charge is 0.497 e. The predicted molar refractivity (Wildman–Crippen MR) is 74.4 cm³/mol. The highest BCUT2D eigenvalue weighted by molar-refractivity contribution is 5.42. The molecule has 0 heterocycles. The average Bonchev–Trinajstić information content (AvgIpc) is 2.78. The van der Waals surface area contributed by atoms with Crippen molar-refractivity contribution in [3.63, 3.8) is 0 Å². The zero-order valence-corrected chi connectivity index (χ0v) is 11.5. The zero-order chi connectivity index (χ0) is 15.0. The van der Waals surface area contributed by atoms with Gasteiger partial charge in [0.1, 0.15) is 17.7 Å². The van der Waals surface area contributed by atoms with Gasteiger partial charge in [0.25, 0.3) is 0 Å². The van der Waals surface area contributed by atoms with E-state index in [4.69, 9.17) is 15.2 Å². The molecule has 0 amide bonds. The van der Waals surface area contributed by atoms with Crippen LogP contribution in [-0.4, -0.2) is 13.2 Å². The van der Waals surface area contributed by atoms with Crippen LogP contribution >= 0.6 is 0 Å². The highest BCUT2D eigenvalue weighted by Crippen LogP contribution is 2.35. The lowest BCUT2D eigenvalue weighted by atomic mass is 10.1. The highest BCUT2D eigenvalue weighted by Gasteiger charge is 2.32. The summed E-state index contributed by atoms with van der Waals surface area (Å²) in [5.41, 5.74) is 8.15. The van der Waals surface area contributed by atoms with Crippen LogP contribution in [0.25, 0.3) is 0 Å². The highest BCUT2D eigenvalue weighted by atomic mass is 19.1. The molecule has 1 aliphatic rings. The lowest BCUT2D eigenvalue weighted by Gasteiger charge is -2.18. The minimum atomic E-state index is -0.726. The average molecular weight is 291 g/mol. The maximum absolute atomic E-state index is 13.7. The first-order chi connectivity index (χ1) is 10.1. The maximum Gasteiger partial charge on any atom is 0.167 e. The van der Waals surface area contributed by atoms with E-state index >= 15 is 0 Å². The number of methoxy groups -OCH3 is 1. The van der Waals surface area contributed by atoms with Crippen LogP contribution in [0.1, 0.15) is 17.2 Å². The number of hydrogen-bond donors (Lipinski definition) is 1. The molecule has 3 rings (SSSR count). The summed E-state index contributed by atoms with van der Waals surface area (Å²) in [4.78, 5) is 0. The Morgan fingerprint density at radius 3 is 2.67 bits per heavy atom. The number of ether oxygens (including phenoxy) is 2. The van der Waals surface area contributed by atoms with Gasteiger partial charge in [-0.3, -0.25) is 0 Å². The molecular formula is C16H15F2NO2. The molecule has 0 aromatic heterocycles. The summed E-state index contributed by atoms with van der Waals surface area (Å²) in [6.07, 6.45) is 0.198. The second kappa shape index (κ2) is 5.33. The summed E-state index contributed by atoms with van der Waals surface area (Å²) in [6, 6.07) is 8.51. The Morgan fingerprint density at radius 1 is 1.14 bits per heavy atom. The van der Waals surface area contributed by atoms with Crippen molar-refractivity contribution in [2.24, 2.45) is 5.73 Å². The van der Waals surface area contributed by atoms with Crippen molar-refractivity contribution in [3.8, 4) is 11.5 Å². The lowest BCUT2D eigenvalue weighted by molar-refractivity contribution is 0.177. The third-order valence-electron chi connectivity index (χ3n) is 3.71. The number of rotatable bonds is 3. The summed E-state index contributed by atoms with van der Waals surface area (Å²) in [6.45, 7) is 0. The van der Waals surface area contributed by atoms with Crippen molar-refractivity contribution < 1.29 is 18.3 Å². The van der Waals surface area contributed by atoms with Crippen LogP contribution in [0.2, 0.25) is 0 Å². The van der Waals surface area contributed by atoms with E-state index in [1.54, 1.807) is 7.11 Å². The van der Waals surface area contributed by atoms with Crippen molar-refractivity contribution in [2.45, 2.75) is 18.6 Å². The van der Waals surface area contributed by atoms with Gasteiger partial charge in [-0.05, 0) is 35.4 Å². The Morgan fingerprint density at radius 2 is 1.95 bits per heavy atom. The van der Waals surface area contributed by atoms with Gasteiger partial charge in [-0.2, -0.15) is 0 Å². The lowest BCUT2D eigenvalue weighted by Crippen LogP contribution is -2.28. The van der Waals surface area contributed by atoms with Crippen LogP contribution in [-0.2, 0) is 6.42 Å². The van der Waals surface area contributed by atoms with E-state index < -0.39 is 11.6 Å². The van der Waals surface area contributed by atoms with Gasteiger partial charge >= 0.3 is 0 Å². The van der Waals surface area contributed by atoms with Gasteiger partial charge in [-0.15, -0.1) is 0 Å². The second-order valence-corrected chi connectivity index (χ2v) is 5.03. The molecule has 21 heavy (non-hydrogen) atoms. The first kappa shape index (κ1) is 13.8. The van der Waals surface area contributed by atoms with Crippen molar-refractivity contribution in [1.29, 1.82) is 0 Å². The Hall–Kier alpha value is -2.14. The fraction of sp³-hybridized carbons (Fsp3) is 0.250. The molecule has 2 unspecified atom stereocenters. The SMILES string of the molecule is COc1ccc2c(c1)C(N)C(Oc1ccc(F)cc1F)C2. The second-order valence-electron chi connectivity index (χ2n) is 5.03. The van der Waals surface area contributed by atoms with Gasteiger partial charge < -0.3 is 15.2 Å². The predicted octanol–water partition coefficient (Wildman–Crippen LogP) is 2.98. The molecule has 3 nitrogen and oxygen atoms in total. The third kappa shape index (κ3) is 2.56. The van der Waals surface area contributed by atoms with Crippen LogP contribution in [0.4, 0.5) is 8.78 Å². The molecule has 0 radical (unpaired) electrons. The summed E-state index contributed by atoms with van der Waals surface area (Å²) in [5, 5.41) is 0. The molecule has 2 aromatic rings. The van der Waals surface area contributed by atoms with Gasteiger partial charge in [-0.1, -0.05) is 6.07 Å². The smallest absolute Gasteiger partial charge is 0.167 e. The Balaban J connectivity index is 1.82. The van der Waals surface area contributed by atoms with Crippen molar-refractivity contribution in [2.75, 3.05) is 7.11 Å². The summed E-state index contributed by atoms with van der Waals surface area (Å²) >= 11 is 0. The van der Waals surface area contributed by atoms with Crippen molar-refractivity contribution in [1.82, 2.24) is 0 Å². The van der Waals surface area contributed by atoms with Gasteiger partial charge in [0.2, 0.25) is 0 Å². The summed E-state index contributed by atoms with van der Waals surface area (Å²) in [7, 11) is 1.59. The minimum absolute atomic E-state index is 0.0108. The number of halogens is 2. The molecule has 5 heteroatoms. The number of fused-ring (bicyclic) bond motifs is 1. The molecule has 0 fully saturated rings. The van der Waals surface area contributed by atoms with Crippen LogP contribution in [0, 0.1) is 11.6 Å². The molecule has 2 N–H and O–H groups in total. The van der Waals surface area contributed by atoms with Gasteiger partial charge in [-0.25, -0.2) is 8.78 Å². The number of nitrogens with two attached hydrogens (primary N) is 1. The van der Waals surface area contributed by atoms with Crippen molar-refractivity contribution in [3.05, 3.63) is 59.2 Å². The Labute approximate surface area is 121 Å². The topological polar surface area (TPSA) is 44.5 Å². The van der Waals surface area contributed by atoms with Gasteiger partial charge in [0.15, 0.2) is 11.6 Å². The van der Waals surface area contributed by atoms with Crippen LogP contribution < -0.4 is 15.2 Å². The van der Waals surface area contributed by atoms with E-state index in [2.05, 4.69) is 0 Å². The normalized spacial score (nSPS) is 20.2. The molecule has 0 spiro atoms. The molecule has 110 valence electrons. The van der Waals surface area contributed by atoms with Crippen LogP contribution in [0.3, 0.4) is 0 Å². The fourth-order valence-electron chi connectivity index (χ4n) is 2.59.